The van der Waals surface area contributed by atoms with Crippen molar-refractivity contribution in [2.45, 2.75) is 59.0 Å². The zero-order chi connectivity index (χ0) is 19.3. The molecule has 1 aromatic carbocycles. The number of ether oxygens (including phenoxy) is 1. The largest absolute Gasteiger partial charge is 0.377 e. The second-order valence-corrected chi connectivity index (χ2v) is 7.67. The standard InChI is InChI=1S/C21H28F2O3/c1-13(2)19(24)6-5-16-10-21(26-12-16)14(3)20(25)7-4-15-8-17(22)11-18(23)9-15/h8-9,11,13-14,16,21H,4-7,10,12H2,1-3H3. The topological polar surface area (TPSA) is 43.4 Å². The highest BCUT2D eigenvalue weighted by molar-refractivity contribution is 5.81. The summed E-state index contributed by atoms with van der Waals surface area (Å²) < 4.78 is 32.2. The van der Waals surface area contributed by atoms with Crippen LogP contribution >= 0.6 is 0 Å². The van der Waals surface area contributed by atoms with Crippen molar-refractivity contribution >= 4 is 11.6 Å². The van der Waals surface area contributed by atoms with Gasteiger partial charge >= 0.3 is 0 Å². The molecule has 1 aromatic rings. The number of hydrogen-bond donors (Lipinski definition) is 0. The Labute approximate surface area is 154 Å². The van der Waals surface area contributed by atoms with Gasteiger partial charge in [-0.3, -0.25) is 9.59 Å². The van der Waals surface area contributed by atoms with Crippen molar-refractivity contribution in [3.05, 3.63) is 35.4 Å². The molecule has 0 radical (unpaired) electrons. The summed E-state index contributed by atoms with van der Waals surface area (Å²) in [4.78, 5) is 24.2. The summed E-state index contributed by atoms with van der Waals surface area (Å²) in [6.45, 7) is 6.24. The first-order chi connectivity index (χ1) is 12.3. The first-order valence-electron chi connectivity index (χ1n) is 9.38. The number of benzene rings is 1. The Bertz CT molecular complexity index is 622. The maximum Gasteiger partial charge on any atom is 0.138 e. The van der Waals surface area contributed by atoms with Crippen LogP contribution in [0.3, 0.4) is 0 Å². The van der Waals surface area contributed by atoms with E-state index in [1.54, 1.807) is 0 Å². The van der Waals surface area contributed by atoms with Gasteiger partial charge in [0.2, 0.25) is 0 Å². The monoisotopic (exact) mass is 366 g/mol. The minimum atomic E-state index is -0.626. The Balaban J connectivity index is 1.78. The van der Waals surface area contributed by atoms with Crippen LogP contribution in [-0.2, 0) is 20.7 Å². The lowest BCUT2D eigenvalue weighted by Crippen LogP contribution is -2.25. The lowest BCUT2D eigenvalue weighted by atomic mass is 9.89. The third-order valence-electron chi connectivity index (χ3n) is 5.20. The Kier molecular flexibility index (Phi) is 7.44. The summed E-state index contributed by atoms with van der Waals surface area (Å²) in [6, 6.07) is 3.34. The van der Waals surface area contributed by atoms with Crippen molar-refractivity contribution < 1.29 is 23.1 Å². The van der Waals surface area contributed by atoms with E-state index >= 15 is 0 Å². The highest BCUT2D eigenvalue weighted by Crippen LogP contribution is 2.29. The summed E-state index contributed by atoms with van der Waals surface area (Å²) >= 11 is 0. The van der Waals surface area contributed by atoms with Crippen LogP contribution in [-0.4, -0.2) is 24.3 Å². The van der Waals surface area contributed by atoms with Crippen LogP contribution in [0.5, 0.6) is 0 Å². The normalized spacial score (nSPS) is 21.2. The maximum atomic E-state index is 13.2. The van der Waals surface area contributed by atoms with E-state index in [2.05, 4.69) is 0 Å². The SMILES string of the molecule is CC(C)C(=O)CCC1COC(C(C)C(=O)CCc2cc(F)cc(F)c2)C1. The van der Waals surface area contributed by atoms with E-state index in [1.807, 2.05) is 20.8 Å². The number of aryl methyl sites for hydroxylation is 1. The molecule has 1 saturated heterocycles. The molecule has 2 rings (SSSR count). The summed E-state index contributed by atoms with van der Waals surface area (Å²) in [6.07, 6.45) is 2.57. The van der Waals surface area contributed by atoms with Crippen LogP contribution in [0.25, 0.3) is 0 Å². The fourth-order valence-corrected chi connectivity index (χ4v) is 3.37. The molecule has 3 unspecified atom stereocenters. The lowest BCUT2D eigenvalue weighted by Gasteiger charge is -2.17. The molecule has 1 fully saturated rings. The minimum absolute atomic E-state index is 0.0403. The Hall–Kier alpha value is -1.62. The van der Waals surface area contributed by atoms with Crippen molar-refractivity contribution in [1.82, 2.24) is 0 Å². The van der Waals surface area contributed by atoms with Gasteiger partial charge in [-0.25, -0.2) is 8.78 Å². The average molecular weight is 366 g/mol. The van der Waals surface area contributed by atoms with Crippen LogP contribution in [0.15, 0.2) is 18.2 Å². The summed E-state index contributed by atoms with van der Waals surface area (Å²) in [5.74, 6) is -0.828. The second-order valence-electron chi connectivity index (χ2n) is 7.67. The van der Waals surface area contributed by atoms with Gasteiger partial charge in [0.1, 0.15) is 23.2 Å². The van der Waals surface area contributed by atoms with Gasteiger partial charge in [-0.2, -0.15) is 0 Å². The molecule has 26 heavy (non-hydrogen) atoms. The first-order valence-corrected chi connectivity index (χ1v) is 9.38. The van der Waals surface area contributed by atoms with Crippen LogP contribution in [0.4, 0.5) is 8.78 Å². The molecule has 144 valence electrons. The fraction of sp³-hybridized carbons (Fsp3) is 0.619. The third-order valence-corrected chi connectivity index (χ3v) is 5.20. The minimum Gasteiger partial charge on any atom is -0.377 e. The van der Waals surface area contributed by atoms with E-state index < -0.39 is 11.6 Å². The Morgan fingerprint density at radius 2 is 1.73 bits per heavy atom. The lowest BCUT2D eigenvalue weighted by molar-refractivity contribution is -0.126. The van der Waals surface area contributed by atoms with Crippen molar-refractivity contribution in [2.75, 3.05) is 6.61 Å². The van der Waals surface area contributed by atoms with Gasteiger partial charge in [-0.05, 0) is 42.9 Å². The van der Waals surface area contributed by atoms with Gasteiger partial charge in [0.15, 0.2) is 0 Å². The summed E-state index contributed by atoms with van der Waals surface area (Å²) in [5, 5.41) is 0. The Morgan fingerprint density at radius 3 is 2.35 bits per heavy atom. The molecule has 3 atom stereocenters. The number of hydrogen-bond acceptors (Lipinski definition) is 3. The molecular weight excluding hydrogens is 338 g/mol. The molecule has 0 amide bonds. The van der Waals surface area contributed by atoms with Gasteiger partial charge in [-0.1, -0.05) is 20.8 Å². The molecule has 5 heteroatoms. The zero-order valence-corrected chi connectivity index (χ0v) is 15.8. The fourth-order valence-electron chi connectivity index (χ4n) is 3.37. The first kappa shape index (κ1) is 20.7. The molecule has 0 bridgehead atoms. The number of carbonyl (C=O) groups is 2. The van der Waals surface area contributed by atoms with Crippen molar-refractivity contribution in [3.63, 3.8) is 0 Å². The van der Waals surface area contributed by atoms with E-state index in [0.29, 0.717) is 30.9 Å². The van der Waals surface area contributed by atoms with E-state index in [-0.39, 0.29) is 35.9 Å². The zero-order valence-electron chi connectivity index (χ0n) is 15.8. The molecule has 0 saturated carbocycles. The molecule has 0 aliphatic carbocycles. The number of rotatable bonds is 9. The van der Waals surface area contributed by atoms with Gasteiger partial charge < -0.3 is 4.74 Å². The van der Waals surface area contributed by atoms with Crippen LogP contribution in [0.2, 0.25) is 0 Å². The second kappa shape index (κ2) is 9.36. The Morgan fingerprint density at radius 1 is 1.08 bits per heavy atom. The maximum absolute atomic E-state index is 13.2. The van der Waals surface area contributed by atoms with E-state index in [4.69, 9.17) is 4.74 Å². The average Bonchev–Trinajstić information content (AvgIpc) is 3.04. The summed E-state index contributed by atoms with van der Waals surface area (Å²) in [7, 11) is 0. The van der Waals surface area contributed by atoms with Crippen molar-refractivity contribution in [3.8, 4) is 0 Å². The van der Waals surface area contributed by atoms with Crippen molar-refractivity contribution in [2.24, 2.45) is 17.8 Å². The van der Waals surface area contributed by atoms with E-state index in [0.717, 1.165) is 18.9 Å². The molecule has 3 nitrogen and oxygen atoms in total. The number of Topliss-reactive ketones (excluding diaryl/α,β-unsaturated/α-hetero) is 2. The summed E-state index contributed by atoms with van der Waals surface area (Å²) in [5.41, 5.74) is 0.487. The number of ketones is 2. The quantitative estimate of drug-likeness (QED) is 0.646. The van der Waals surface area contributed by atoms with Crippen LogP contribution in [0.1, 0.15) is 52.0 Å². The highest BCUT2D eigenvalue weighted by Gasteiger charge is 2.32. The van der Waals surface area contributed by atoms with Crippen LogP contribution in [0, 0.1) is 29.4 Å². The molecule has 0 spiro atoms. The van der Waals surface area contributed by atoms with Gasteiger partial charge in [0, 0.05) is 37.4 Å². The van der Waals surface area contributed by atoms with Gasteiger partial charge in [0.05, 0.1) is 6.10 Å². The van der Waals surface area contributed by atoms with Crippen LogP contribution < -0.4 is 0 Å². The van der Waals surface area contributed by atoms with E-state index in [1.165, 1.54) is 12.1 Å². The van der Waals surface area contributed by atoms with E-state index in [9.17, 15) is 18.4 Å². The van der Waals surface area contributed by atoms with Gasteiger partial charge in [0.25, 0.3) is 0 Å². The number of carbonyl (C=O) groups excluding carboxylic acids is 2. The predicted molar refractivity (Wildman–Crippen MR) is 95.8 cm³/mol. The third kappa shape index (κ3) is 5.97. The molecule has 0 N–H and O–H groups in total. The predicted octanol–water partition coefficient (Wildman–Crippen LogP) is 4.51. The van der Waals surface area contributed by atoms with Gasteiger partial charge in [-0.15, -0.1) is 0 Å². The highest BCUT2D eigenvalue weighted by atomic mass is 19.1. The molecule has 0 aromatic heterocycles. The molecular formula is C21H28F2O3. The molecule has 1 aliphatic heterocycles. The molecule has 1 heterocycles. The molecule has 1 aliphatic rings. The smallest absolute Gasteiger partial charge is 0.138 e. The number of halogens is 2. The van der Waals surface area contributed by atoms with Crippen molar-refractivity contribution in [1.29, 1.82) is 0 Å².